The number of halogens is 1. The number of aryl methyl sites for hydroxylation is 1. The first-order chi connectivity index (χ1) is 8.13. The van der Waals surface area contributed by atoms with Crippen molar-refractivity contribution in [2.45, 2.75) is 13.5 Å². The van der Waals surface area contributed by atoms with E-state index >= 15 is 0 Å². The van der Waals surface area contributed by atoms with E-state index in [1.165, 1.54) is 11.1 Å². The molecule has 1 aromatic carbocycles. The van der Waals surface area contributed by atoms with Crippen molar-refractivity contribution in [2.75, 3.05) is 7.05 Å². The number of nitrogens with zero attached hydrogens (tertiary/aromatic N) is 2. The normalized spacial score (nSPS) is 10.8. The lowest BCUT2D eigenvalue weighted by Crippen LogP contribution is -2.06. The van der Waals surface area contributed by atoms with E-state index in [-0.39, 0.29) is 0 Å². The van der Waals surface area contributed by atoms with E-state index in [9.17, 15) is 0 Å². The molecule has 2 aromatic rings. The number of aromatic nitrogens is 2. The minimum Gasteiger partial charge on any atom is -0.316 e. The molecule has 0 unspecified atom stereocenters. The van der Waals surface area contributed by atoms with Crippen LogP contribution in [0.15, 0.2) is 24.4 Å². The summed E-state index contributed by atoms with van der Waals surface area (Å²) in [5, 5.41) is 8.21. The minimum absolute atomic E-state index is 0.764. The van der Waals surface area contributed by atoms with E-state index < -0.39 is 0 Å². The van der Waals surface area contributed by atoms with Crippen LogP contribution < -0.4 is 5.32 Å². The smallest absolute Gasteiger partial charge is 0.0571 e. The summed E-state index contributed by atoms with van der Waals surface area (Å²) in [7, 11) is 3.88. The molecular formula is C13H16ClN3. The van der Waals surface area contributed by atoms with Crippen LogP contribution in [0.5, 0.6) is 0 Å². The van der Waals surface area contributed by atoms with Gasteiger partial charge in [0.25, 0.3) is 0 Å². The third-order valence-electron chi connectivity index (χ3n) is 2.96. The van der Waals surface area contributed by atoms with E-state index in [2.05, 4.69) is 23.4 Å². The summed E-state index contributed by atoms with van der Waals surface area (Å²) in [6, 6.07) is 5.97. The van der Waals surface area contributed by atoms with Crippen molar-refractivity contribution in [1.82, 2.24) is 15.1 Å². The van der Waals surface area contributed by atoms with Crippen molar-refractivity contribution in [3.63, 3.8) is 0 Å². The van der Waals surface area contributed by atoms with Crippen molar-refractivity contribution in [3.8, 4) is 11.1 Å². The third-order valence-corrected chi connectivity index (χ3v) is 3.20. The molecule has 0 spiro atoms. The standard InChI is InChI=1S/C13H16ClN3/c1-9-13(8-16-17(9)3)12-5-4-11(14)6-10(12)7-15-2/h4-6,8,15H,7H2,1-3H3. The van der Waals surface area contributed by atoms with Crippen LogP contribution in [-0.4, -0.2) is 16.8 Å². The van der Waals surface area contributed by atoms with Crippen LogP contribution in [-0.2, 0) is 13.6 Å². The topological polar surface area (TPSA) is 29.9 Å². The second kappa shape index (κ2) is 4.90. The van der Waals surface area contributed by atoms with Gasteiger partial charge in [-0.3, -0.25) is 4.68 Å². The average Bonchev–Trinajstić information content (AvgIpc) is 2.61. The molecule has 17 heavy (non-hydrogen) atoms. The van der Waals surface area contributed by atoms with Gasteiger partial charge in [-0.15, -0.1) is 0 Å². The molecule has 0 amide bonds. The Bertz CT molecular complexity index is 531. The van der Waals surface area contributed by atoms with Gasteiger partial charge in [0.1, 0.15) is 0 Å². The van der Waals surface area contributed by atoms with Crippen LogP contribution >= 0.6 is 11.6 Å². The summed E-state index contributed by atoms with van der Waals surface area (Å²) >= 11 is 6.04. The molecule has 1 N–H and O–H groups in total. The summed E-state index contributed by atoms with van der Waals surface area (Å²) < 4.78 is 1.88. The van der Waals surface area contributed by atoms with Gasteiger partial charge in [0.15, 0.2) is 0 Å². The Hall–Kier alpha value is -1.32. The predicted molar refractivity (Wildman–Crippen MR) is 71.2 cm³/mol. The monoisotopic (exact) mass is 249 g/mol. The summed E-state index contributed by atoms with van der Waals surface area (Å²) in [6.07, 6.45) is 1.90. The molecule has 90 valence electrons. The van der Waals surface area contributed by atoms with Gasteiger partial charge in [-0.05, 0) is 37.2 Å². The first-order valence-electron chi connectivity index (χ1n) is 5.55. The van der Waals surface area contributed by atoms with Crippen molar-refractivity contribution < 1.29 is 0 Å². The molecule has 3 nitrogen and oxygen atoms in total. The highest BCUT2D eigenvalue weighted by atomic mass is 35.5. The highest BCUT2D eigenvalue weighted by Gasteiger charge is 2.10. The first-order valence-corrected chi connectivity index (χ1v) is 5.93. The summed E-state index contributed by atoms with van der Waals surface area (Å²) in [5.74, 6) is 0. The Balaban J connectivity index is 2.54. The Labute approximate surface area is 106 Å². The molecule has 0 aliphatic carbocycles. The molecule has 0 radical (unpaired) electrons. The molecule has 0 saturated carbocycles. The predicted octanol–water partition coefficient (Wildman–Crippen LogP) is 2.77. The maximum atomic E-state index is 6.04. The van der Waals surface area contributed by atoms with Crippen LogP contribution in [0.25, 0.3) is 11.1 Å². The molecule has 0 atom stereocenters. The molecule has 4 heteroatoms. The molecule has 0 aliphatic rings. The van der Waals surface area contributed by atoms with E-state index in [0.717, 1.165) is 22.8 Å². The maximum absolute atomic E-state index is 6.04. The van der Waals surface area contributed by atoms with Crippen LogP contribution in [0.1, 0.15) is 11.3 Å². The van der Waals surface area contributed by atoms with Gasteiger partial charge < -0.3 is 5.32 Å². The molecular weight excluding hydrogens is 234 g/mol. The molecule has 1 heterocycles. The van der Waals surface area contributed by atoms with Gasteiger partial charge in [0.2, 0.25) is 0 Å². The van der Waals surface area contributed by atoms with E-state index in [0.29, 0.717) is 0 Å². The molecule has 2 rings (SSSR count). The highest BCUT2D eigenvalue weighted by molar-refractivity contribution is 6.30. The van der Waals surface area contributed by atoms with Gasteiger partial charge >= 0.3 is 0 Å². The third kappa shape index (κ3) is 2.35. The zero-order valence-corrected chi connectivity index (χ0v) is 11.0. The molecule has 0 fully saturated rings. The van der Waals surface area contributed by atoms with Gasteiger partial charge in [0.05, 0.1) is 6.20 Å². The zero-order valence-electron chi connectivity index (χ0n) is 10.3. The Morgan fingerprint density at radius 1 is 1.35 bits per heavy atom. The van der Waals surface area contributed by atoms with Crippen molar-refractivity contribution in [1.29, 1.82) is 0 Å². The Morgan fingerprint density at radius 2 is 2.12 bits per heavy atom. The number of hydrogen-bond donors (Lipinski definition) is 1. The Kier molecular flexibility index (Phi) is 3.50. The van der Waals surface area contributed by atoms with Crippen LogP contribution in [0.2, 0.25) is 5.02 Å². The highest BCUT2D eigenvalue weighted by Crippen LogP contribution is 2.28. The maximum Gasteiger partial charge on any atom is 0.0571 e. The van der Waals surface area contributed by atoms with Crippen molar-refractivity contribution in [2.24, 2.45) is 7.05 Å². The lowest BCUT2D eigenvalue weighted by Gasteiger charge is -2.09. The van der Waals surface area contributed by atoms with Gasteiger partial charge in [-0.2, -0.15) is 5.10 Å². The second-order valence-corrected chi connectivity index (χ2v) is 4.54. The largest absolute Gasteiger partial charge is 0.316 e. The lowest BCUT2D eigenvalue weighted by molar-refractivity contribution is 0.740. The average molecular weight is 250 g/mol. The fourth-order valence-electron chi connectivity index (χ4n) is 1.92. The number of nitrogens with one attached hydrogen (secondary N) is 1. The van der Waals surface area contributed by atoms with Gasteiger partial charge in [0, 0.05) is 29.9 Å². The molecule has 0 aliphatic heterocycles. The number of hydrogen-bond acceptors (Lipinski definition) is 2. The summed E-state index contributed by atoms with van der Waals surface area (Å²) in [6.45, 7) is 2.87. The van der Waals surface area contributed by atoms with Gasteiger partial charge in [-0.1, -0.05) is 17.7 Å². The van der Waals surface area contributed by atoms with Crippen molar-refractivity contribution >= 4 is 11.6 Å². The minimum atomic E-state index is 0.764. The second-order valence-electron chi connectivity index (χ2n) is 4.10. The molecule has 0 bridgehead atoms. The van der Waals surface area contributed by atoms with Crippen LogP contribution in [0, 0.1) is 6.92 Å². The summed E-state index contributed by atoms with van der Waals surface area (Å²) in [5.41, 5.74) is 4.70. The summed E-state index contributed by atoms with van der Waals surface area (Å²) in [4.78, 5) is 0. The Morgan fingerprint density at radius 3 is 2.71 bits per heavy atom. The lowest BCUT2D eigenvalue weighted by atomic mass is 10.0. The number of benzene rings is 1. The number of rotatable bonds is 3. The van der Waals surface area contributed by atoms with Gasteiger partial charge in [-0.25, -0.2) is 0 Å². The molecule has 1 aromatic heterocycles. The fourth-order valence-corrected chi connectivity index (χ4v) is 2.12. The molecule has 0 saturated heterocycles. The van der Waals surface area contributed by atoms with Crippen LogP contribution in [0.4, 0.5) is 0 Å². The van der Waals surface area contributed by atoms with E-state index in [1.54, 1.807) is 0 Å². The zero-order chi connectivity index (χ0) is 12.4. The quantitative estimate of drug-likeness (QED) is 0.907. The SMILES string of the molecule is CNCc1cc(Cl)ccc1-c1cnn(C)c1C. The first kappa shape index (κ1) is 12.1. The van der Waals surface area contributed by atoms with E-state index in [1.807, 2.05) is 37.1 Å². The fraction of sp³-hybridized carbons (Fsp3) is 0.308. The van der Waals surface area contributed by atoms with Crippen LogP contribution in [0.3, 0.4) is 0 Å². The van der Waals surface area contributed by atoms with E-state index in [4.69, 9.17) is 11.6 Å². The van der Waals surface area contributed by atoms with Crippen molar-refractivity contribution in [3.05, 3.63) is 40.7 Å².